The maximum absolute atomic E-state index is 9.99. The van der Waals surface area contributed by atoms with Crippen molar-refractivity contribution in [2.75, 3.05) is 7.11 Å². The Morgan fingerprint density at radius 1 is 1.38 bits per heavy atom. The van der Waals surface area contributed by atoms with E-state index in [1.165, 1.54) is 24.3 Å². The molecule has 0 radical (unpaired) electrons. The fraction of sp³-hybridized carbons (Fsp3) is 0.143. The summed E-state index contributed by atoms with van der Waals surface area (Å²) in [5.74, 6) is 0. The molecule has 1 rings (SSSR count). The molecule has 0 bridgehead atoms. The average Bonchev–Trinajstić information content (AvgIpc) is 2.25. The SMILES string of the molecule is CO.O=[N+]([O-])c1cc[c-]cc1.[O]=[Co]. The molecule has 13 heavy (non-hydrogen) atoms. The predicted molar refractivity (Wildman–Crippen MR) is 40.8 cm³/mol. The molecule has 0 saturated heterocycles. The Morgan fingerprint density at radius 2 is 1.77 bits per heavy atom. The monoisotopic (exact) mass is 229 g/mol. The maximum atomic E-state index is 9.99. The Morgan fingerprint density at radius 3 is 2.00 bits per heavy atom. The molecule has 1 aromatic rings. The molecule has 1 aromatic carbocycles. The molecule has 0 aliphatic carbocycles. The third-order valence-corrected chi connectivity index (χ3v) is 0.911. The second kappa shape index (κ2) is 10.9. The van der Waals surface area contributed by atoms with Crippen molar-refractivity contribution in [2.45, 2.75) is 0 Å². The van der Waals surface area contributed by atoms with Gasteiger partial charge in [0.25, 0.3) is 0 Å². The van der Waals surface area contributed by atoms with Crippen LogP contribution in [0, 0.1) is 16.2 Å². The second-order valence-electron chi connectivity index (χ2n) is 1.52. The van der Waals surface area contributed by atoms with Gasteiger partial charge in [0.05, 0.1) is 0 Å². The van der Waals surface area contributed by atoms with Crippen LogP contribution in [0.15, 0.2) is 24.3 Å². The van der Waals surface area contributed by atoms with Crippen molar-refractivity contribution in [1.29, 1.82) is 0 Å². The molecule has 6 heteroatoms. The summed E-state index contributed by atoms with van der Waals surface area (Å²) in [6.45, 7) is 0. The van der Waals surface area contributed by atoms with Crippen LogP contribution in [0.1, 0.15) is 0 Å². The van der Waals surface area contributed by atoms with E-state index >= 15 is 0 Å². The van der Waals surface area contributed by atoms with E-state index in [2.05, 4.69) is 21.7 Å². The topological polar surface area (TPSA) is 80.4 Å². The van der Waals surface area contributed by atoms with Crippen molar-refractivity contribution in [3.63, 3.8) is 0 Å². The molecule has 75 valence electrons. The molecule has 0 aromatic heterocycles. The molecule has 0 spiro atoms. The molecule has 0 aliphatic rings. The molecule has 0 amide bonds. The Hall–Kier alpha value is -1.11. The quantitative estimate of drug-likeness (QED) is 0.440. The van der Waals surface area contributed by atoms with Crippen LogP contribution in [0.5, 0.6) is 0 Å². The number of aliphatic hydroxyl groups excluding tert-OH is 1. The first-order valence-electron chi connectivity index (χ1n) is 2.99. The van der Waals surface area contributed by atoms with Crippen LogP contribution in [0.4, 0.5) is 5.69 Å². The first-order chi connectivity index (χ1) is 6.30. The second-order valence-corrected chi connectivity index (χ2v) is 1.52. The van der Waals surface area contributed by atoms with Gasteiger partial charge < -0.3 is 5.11 Å². The van der Waals surface area contributed by atoms with Crippen molar-refractivity contribution in [2.24, 2.45) is 0 Å². The number of rotatable bonds is 1. The fourth-order valence-corrected chi connectivity index (χ4v) is 0.500. The molecular formula is C7H8CoNO4-. The summed E-state index contributed by atoms with van der Waals surface area (Å²) in [7, 11) is 1.00. The van der Waals surface area contributed by atoms with E-state index in [1.807, 2.05) is 0 Å². The van der Waals surface area contributed by atoms with E-state index in [-0.39, 0.29) is 5.69 Å². The third-order valence-electron chi connectivity index (χ3n) is 0.911. The fourth-order valence-electron chi connectivity index (χ4n) is 0.500. The van der Waals surface area contributed by atoms with Crippen LogP contribution in [-0.2, 0) is 19.5 Å². The number of hydrogen-bond donors (Lipinski definition) is 1. The van der Waals surface area contributed by atoms with E-state index in [1.54, 1.807) is 0 Å². The first-order valence-corrected chi connectivity index (χ1v) is 3.42. The van der Waals surface area contributed by atoms with E-state index in [0.29, 0.717) is 0 Å². The summed E-state index contributed by atoms with van der Waals surface area (Å²) >= 11 is 2.31. The summed E-state index contributed by atoms with van der Waals surface area (Å²) in [4.78, 5) is 9.56. The Labute approximate surface area is 83.3 Å². The van der Waals surface area contributed by atoms with Crippen LogP contribution in [0.2, 0.25) is 0 Å². The van der Waals surface area contributed by atoms with Gasteiger partial charge in [-0.15, -0.1) is 0 Å². The van der Waals surface area contributed by atoms with Gasteiger partial charge in [0, 0.05) is 12.0 Å². The molecule has 1 N–H and O–H groups in total. The molecule has 0 atom stereocenters. The van der Waals surface area contributed by atoms with E-state index in [4.69, 9.17) is 8.97 Å². The van der Waals surface area contributed by atoms with Gasteiger partial charge in [-0.05, 0) is 0 Å². The summed E-state index contributed by atoms with van der Waals surface area (Å²) < 4.78 is 7.94. The van der Waals surface area contributed by atoms with Gasteiger partial charge in [0.1, 0.15) is 0 Å². The molecule has 0 aliphatic heterocycles. The summed E-state index contributed by atoms with van der Waals surface area (Å²) in [5, 5.41) is 17.0. The van der Waals surface area contributed by atoms with Crippen molar-refractivity contribution >= 4 is 5.69 Å². The van der Waals surface area contributed by atoms with E-state index < -0.39 is 4.92 Å². The van der Waals surface area contributed by atoms with E-state index in [0.717, 1.165) is 7.11 Å². The van der Waals surface area contributed by atoms with Crippen LogP contribution in [0.25, 0.3) is 0 Å². The molecular weight excluding hydrogens is 221 g/mol. The van der Waals surface area contributed by atoms with Gasteiger partial charge in [-0.1, -0.05) is 12.1 Å². The van der Waals surface area contributed by atoms with Crippen molar-refractivity contribution in [3.05, 3.63) is 40.4 Å². The Bertz CT molecular complexity index is 229. The van der Waals surface area contributed by atoms with Crippen molar-refractivity contribution < 1.29 is 29.6 Å². The summed E-state index contributed by atoms with van der Waals surface area (Å²) in [5.41, 5.74) is 0.105. The van der Waals surface area contributed by atoms with Gasteiger partial charge in [0.15, 0.2) is 5.69 Å². The molecule has 0 unspecified atom stereocenters. The number of nitro benzene ring substituents is 1. The number of nitrogens with zero attached hydrogens (tertiary/aromatic N) is 1. The number of hydrogen-bond acceptors (Lipinski definition) is 4. The first kappa shape index (κ1) is 14.4. The normalized spacial score (nSPS) is 7.00. The minimum absolute atomic E-state index is 0.105. The zero-order chi connectivity index (χ0) is 10.7. The zero-order valence-corrected chi connectivity index (χ0v) is 7.80. The van der Waals surface area contributed by atoms with Gasteiger partial charge in [-0.25, -0.2) is 0 Å². The minimum atomic E-state index is -0.437. The Balaban J connectivity index is 0. The molecule has 5 nitrogen and oxygen atoms in total. The summed E-state index contributed by atoms with van der Waals surface area (Å²) in [6, 6.07) is 8.51. The van der Waals surface area contributed by atoms with Gasteiger partial charge >= 0.3 is 19.5 Å². The zero-order valence-electron chi connectivity index (χ0n) is 6.76. The van der Waals surface area contributed by atoms with Gasteiger partial charge in [-0.2, -0.15) is 18.2 Å². The number of aliphatic hydroxyl groups is 1. The van der Waals surface area contributed by atoms with Gasteiger partial charge in [0.2, 0.25) is 0 Å². The predicted octanol–water partition coefficient (Wildman–Crippen LogP) is 0.882. The van der Waals surface area contributed by atoms with Crippen LogP contribution in [-0.4, -0.2) is 17.1 Å². The van der Waals surface area contributed by atoms with Crippen LogP contribution < -0.4 is 0 Å². The third kappa shape index (κ3) is 7.25. The number of benzene rings is 1. The molecule has 0 heterocycles. The van der Waals surface area contributed by atoms with Crippen LogP contribution in [0.3, 0.4) is 0 Å². The van der Waals surface area contributed by atoms with Crippen LogP contribution >= 0.6 is 0 Å². The summed E-state index contributed by atoms with van der Waals surface area (Å²) in [6.07, 6.45) is 0. The number of nitro groups is 1. The average molecular weight is 229 g/mol. The molecule has 0 saturated carbocycles. The standard InChI is InChI=1S/C6H4NO2.CH4O.Co.O/c8-7(9)6-4-2-1-3-5-6;1-2;;/h2-5H;2H,1H3;;/q-1;;;. The van der Waals surface area contributed by atoms with E-state index in [9.17, 15) is 10.1 Å². The number of non-ortho nitro benzene ring substituents is 1. The Kier molecular flexibility index (Phi) is 12.1. The van der Waals surface area contributed by atoms with Crippen molar-refractivity contribution in [1.82, 2.24) is 0 Å². The van der Waals surface area contributed by atoms with Crippen molar-refractivity contribution in [3.8, 4) is 0 Å². The molecule has 0 fully saturated rings. The van der Waals surface area contributed by atoms with Gasteiger partial charge in [-0.3, -0.25) is 10.1 Å².